The summed E-state index contributed by atoms with van der Waals surface area (Å²) in [6, 6.07) is 0. The van der Waals surface area contributed by atoms with E-state index in [0.717, 1.165) is 18.0 Å². The molecule has 1 aliphatic carbocycles. The van der Waals surface area contributed by atoms with Gasteiger partial charge in [0.05, 0.1) is 5.54 Å². The molecule has 0 bridgehead atoms. The molecule has 1 atom stereocenters. The van der Waals surface area contributed by atoms with Gasteiger partial charge < -0.3 is 4.79 Å². The zero-order valence-electron chi connectivity index (χ0n) is 10.3. The molecule has 0 spiro atoms. The summed E-state index contributed by atoms with van der Waals surface area (Å²) in [7, 11) is 0. The molecule has 0 saturated heterocycles. The number of alkyl halides is 3. The number of allylic oxidation sites excluding steroid dienone is 3. The smallest absolute Gasteiger partial charge is 0.301 e. The molecule has 1 unspecified atom stereocenters. The molecule has 18 heavy (non-hydrogen) atoms. The van der Waals surface area contributed by atoms with Crippen LogP contribution in [0.3, 0.4) is 0 Å². The van der Waals surface area contributed by atoms with Gasteiger partial charge >= 0.3 is 6.18 Å². The molecule has 0 aromatic carbocycles. The van der Waals surface area contributed by atoms with Crippen LogP contribution < -0.4 is 4.72 Å². The van der Waals surface area contributed by atoms with E-state index < -0.39 is 22.5 Å². The lowest BCUT2D eigenvalue weighted by atomic mass is 10.1. The molecule has 2 nitrogen and oxygen atoms in total. The molecule has 0 saturated carbocycles. The third-order valence-corrected chi connectivity index (χ3v) is 3.86. The van der Waals surface area contributed by atoms with Gasteiger partial charge in [0.15, 0.2) is 0 Å². The van der Waals surface area contributed by atoms with Crippen LogP contribution in [0.1, 0.15) is 26.7 Å². The third-order valence-electron chi connectivity index (χ3n) is 2.44. The summed E-state index contributed by atoms with van der Waals surface area (Å²) in [5, 5.41) is -0.695. The minimum absolute atomic E-state index is 0.397. The molecule has 0 aliphatic heterocycles. The molecule has 0 aromatic heterocycles. The molecule has 0 fully saturated rings. The van der Waals surface area contributed by atoms with E-state index in [0.29, 0.717) is 19.1 Å². The second kappa shape index (κ2) is 5.93. The zero-order chi connectivity index (χ0) is 13.8. The minimum atomic E-state index is -4.33. The van der Waals surface area contributed by atoms with E-state index >= 15 is 0 Å². The Labute approximate surface area is 109 Å². The van der Waals surface area contributed by atoms with Crippen LogP contribution in [0.25, 0.3) is 0 Å². The molecule has 102 valence electrons. The van der Waals surface area contributed by atoms with E-state index in [2.05, 4.69) is 4.72 Å². The van der Waals surface area contributed by atoms with Crippen molar-refractivity contribution < 1.29 is 18.0 Å². The summed E-state index contributed by atoms with van der Waals surface area (Å²) >= 11 is 0.968. The summed E-state index contributed by atoms with van der Waals surface area (Å²) in [5.74, 6) is 0. The number of nitrogens with one attached hydrogen (secondary N) is 1. The highest BCUT2D eigenvalue weighted by molar-refractivity contribution is 7.98. The largest absolute Gasteiger partial charge is 0.413 e. The van der Waals surface area contributed by atoms with E-state index in [9.17, 15) is 18.0 Å². The summed E-state index contributed by atoms with van der Waals surface area (Å²) in [6.45, 7) is 3.25. The van der Waals surface area contributed by atoms with Crippen molar-refractivity contribution in [3.63, 3.8) is 0 Å². The van der Waals surface area contributed by atoms with E-state index in [1.807, 2.05) is 0 Å². The molecule has 1 N–H and O–H groups in total. The van der Waals surface area contributed by atoms with Gasteiger partial charge in [-0.15, -0.1) is 0 Å². The van der Waals surface area contributed by atoms with Crippen molar-refractivity contribution in [3.8, 4) is 0 Å². The number of carbonyl (C=O) groups is 1. The van der Waals surface area contributed by atoms with Crippen LogP contribution in [0.5, 0.6) is 0 Å². The fraction of sp³-hybridized carbons (Fsp3) is 0.583. The van der Waals surface area contributed by atoms with E-state index in [4.69, 9.17) is 0 Å². The number of rotatable bonds is 4. The van der Waals surface area contributed by atoms with Crippen molar-refractivity contribution in [2.75, 3.05) is 0 Å². The molecular weight excluding hydrogens is 263 g/mol. The number of hydrogen-bond acceptors (Lipinski definition) is 3. The minimum Gasteiger partial charge on any atom is -0.301 e. The Bertz CT molecular complexity index is 361. The van der Waals surface area contributed by atoms with Gasteiger partial charge in [-0.1, -0.05) is 30.2 Å². The fourth-order valence-corrected chi connectivity index (χ4v) is 2.51. The summed E-state index contributed by atoms with van der Waals surface area (Å²) in [5.41, 5.74) is -1.39. The predicted octanol–water partition coefficient (Wildman–Crippen LogP) is 3.41. The van der Waals surface area contributed by atoms with Crippen LogP contribution in [-0.2, 0) is 4.79 Å². The average molecular weight is 279 g/mol. The number of hydrogen-bond donors (Lipinski definition) is 1. The molecular formula is C12H16F3NOS. The van der Waals surface area contributed by atoms with Crippen LogP contribution in [-0.4, -0.2) is 23.3 Å². The van der Waals surface area contributed by atoms with Gasteiger partial charge in [-0.3, -0.25) is 4.72 Å². The highest BCUT2D eigenvalue weighted by atomic mass is 32.2. The van der Waals surface area contributed by atoms with Crippen molar-refractivity contribution in [1.29, 1.82) is 0 Å². The maximum atomic E-state index is 12.9. The highest BCUT2D eigenvalue weighted by Gasteiger charge is 2.39. The Balaban J connectivity index is 2.76. The monoisotopic (exact) mass is 279 g/mol. The first-order chi connectivity index (χ1) is 8.26. The summed E-state index contributed by atoms with van der Waals surface area (Å²) in [4.78, 5) is 10.7. The van der Waals surface area contributed by atoms with E-state index in [1.54, 1.807) is 19.9 Å². The van der Waals surface area contributed by atoms with Crippen LogP contribution in [0.4, 0.5) is 13.2 Å². The SMILES string of the molecule is CC(C)(C=O)NSC1CCC=CC=C1C(F)(F)F. The van der Waals surface area contributed by atoms with Crippen LogP contribution >= 0.6 is 11.9 Å². The van der Waals surface area contributed by atoms with Gasteiger partial charge in [-0.25, -0.2) is 0 Å². The molecule has 0 heterocycles. The molecule has 0 amide bonds. The summed E-state index contributed by atoms with van der Waals surface area (Å²) in [6.07, 6.45) is 1.61. The van der Waals surface area contributed by atoms with Gasteiger partial charge in [0.2, 0.25) is 0 Å². The highest BCUT2D eigenvalue weighted by Crippen LogP contribution is 2.36. The van der Waals surface area contributed by atoms with Crippen molar-refractivity contribution >= 4 is 18.2 Å². The van der Waals surface area contributed by atoms with Gasteiger partial charge in [-0.2, -0.15) is 13.2 Å². The first-order valence-corrected chi connectivity index (χ1v) is 6.47. The van der Waals surface area contributed by atoms with Crippen LogP contribution in [0.15, 0.2) is 23.8 Å². The fourth-order valence-electron chi connectivity index (χ4n) is 1.42. The molecule has 0 radical (unpaired) electrons. The van der Waals surface area contributed by atoms with Gasteiger partial charge in [0.25, 0.3) is 0 Å². The Morgan fingerprint density at radius 3 is 2.67 bits per heavy atom. The first kappa shape index (κ1) is 15.3. The quantitative estimate of drug-likeness (QED) is 0.631. The normalized spacial score (nSPS) is 21.4. The van der Waals surface area contributed by atoms with E-state index in [1.165, 1.54) is 6.08 Å². The standard InChI is InChI=1S/C12H16F3NOS/c1-11(2,8-17)16-18-10-7-5-3-4-6-9(10)12(13,14)15/h3-4,6,8,10,16H,5,7H2,1-2H3. The van der Waals surface area contributed by atoms with Crippen molar-refractivity contribution in [1.82, 2.24) is 4.72 Å². The molecule has 1 aliphatic rings. The lowest BCUT2D eigenvalue weighted by Crippen LogP contribution is -2.38. The first-order valence-electron chi connectivity index (χ1n) is 5.59. The number of halogens is 3. The second-order valence-corrected chi connectivity index (χ2v) is 5.68. The lowest BCUT2D eigenvalue weighted by Gasteiger charge is -2.25. The zero-order valence-corrected chi connectivity index (χ0v) is 11.1. The van der Waals surface area contributed by atoms with Crippen molar-refractivity contribution in [2.24, 2.45) is 0 Å². The topological polar surface area (TPSA) is 29.1 Å². The average Bonchev–Trinajstić information content (AvgIpc) is 2.51. The summed E-state index contributed by atoms with van der Waals surface area (Å²) < 4.78 is 41.4. The third kappa shape index (κ3) is 4.49. The van der Waals surface area contributed by atoms with Gasteiger partial charge in [0.1, 0.15) is 6.29 Å². The van der Waals surface area contributed by atoms with Crippen molar-refractivity contribution in [3.05, 3.63) is 23.8 Å². The maximum absolute atomic E-state index is 12.9. The molecule has 0 aromatic rings. The van der Waals surface area contributed by atoms with Crippen molar-refractivity contribution in [2.45, 2.75) is 43.7 Å². The predicted molar refractivity (Wildman–Crippen MR) is 67.2 cm³/mol. The van der Waals surface area contributed by atoms with Crippen LogP contribution in [0, 0.1) is 0 Å². The Morgan fingerprint density at radius 1 is 1.44 bits per heavy atom. The number of carbonyl (C=O) groups excluding carboxylic acids is 1. The number of aldehydes is 1. The maximum Gasteiger partial charge on any atom is 0.413 e. The van der Waals surface area contributed by atoms with Gasteiger partial charge in [-0.05, 0) is 26.7 Å². The Kier molecular flexibility index (Phi) is 5.04. The Morgan fingerprint density at radius 2 is 2.11 bits per heavy atom. The van der Waals surface area contributed by atoms with Gasteiger partial charge in [0, 0.05) is 10.8 Å². The molecule has 6 heteroatoms. The lowest BCUT2D eigenvalue weighted by molar-refractivity contribution is -0.111. The molecule has 1 rings (SSSR count). The Hall–Kier alpha value is -0.750. The van der Waals surface area contributed by atoms with E-state index in [-0.39, 0.29) is 0 Å². The second-order valence-electron chi connectivity index (χ2n) is 4.67. The van der Waals surface area contributed by atoms with Crippen LogP contribution in [0.2, 0.25) is 0 Å².